The molecule has 1 fully saturated rings. The van der Waals surface area contributed by atoms with E-state index in [-0.39, 0.29) is 5.56 Å². The monoisotopic (exact) mass is 310 g/mol. The molecule has 22 heavy (non-hydrogen) atoms. The topological polar surface area (TPSA) is 61.8 Å². The van der Waals surface area contributed by atoms with E-state index in [9.17, 15) is 14.3 Å². The van der Waals surface area contributed by atoms with Crippen LogP contribution in [-0.4, -0.2) is 54.8 Å². The first kappa shape index (κ1) is 16.7. The molecule has 0 spiro atoms. The first-order chi connectivity index (χ1) is 10.4. The molecule has 0 bridgehead atoms. The number of carbonyl (C=O) groups is 1. The van der Waals surface area contributed by atoms with Crippen LogP contribution in [0.1, 0.15) is 30.1 Å². The minimum Gasteiger partial charge on any atom is -0.497 e. The molecule has 1 atom stereocenters. The molecule has 122 valence electrons. The quantitative estimate of drug-likeness (QED) is 0.883. The molecule has 2 rings (SSSR count). The summed E-state index contributed by atoms with van der Waals surface area (Å²) in [6, 6.07) is 3.65. The van der Waals surface area contributed by atoms with Crippen molar-refractivity contribution in [3.63, 3.8) is 0 Å². The number of halogens is 1. The summed E-state index contributed by atoms with van der Waals surface area (Å²) in [6.45, 7) is 3.20. The summed E-state index contributed by atoms with van der Waals surface area (Å²) >= 11 is 0. The Balaban J connectivity index is 2.21. The SMILES string of the molecule is COc1ccc(F)c(C(=O)N(C)C(C)C2(O)CCNCC2)c1. The number of carbonyl (C=O) groups excluding carboxylic acids is 1. The number of methoxy groups -OCH3 is 1. The fraction of sp³-hybridized carbons (Fsp3) is 0.562. The highest BCUT2D eigenvalue weighted by Gasteiger charge is 2.39. The molecule has 1 aromatic rings. The zero-order valence-corrected chi connectivity index (χ0v) is 13.2. The standard InChI is InChI=1S/C16H23FN2O3/c1-11(16(21)6-8-18-9-7-16)19(2)15(20)13-10-12(22-3)4-5-14(13)17/h4-5,10-11,18,21H,6-9H2,1-3H3. The Morgan fingerprint density at radius 1 is 1.45 bits per heavy atom. The minimum absolute atomic E-state index is 0.0498. The highest BCUT2D eigenvalue weighted by Crippen LogP contribution is 2.27. The second-order valence-corrected chi connectivity index (χ2v) is 5.79. The van der Waals surface area contributed by atoms with Gasteiger partial charge in [-0.25, -0.2) is 4.39 Å². The van der Waals surface area contributed by atoms with E-state index in [0.717, 1.165) is 0 Å². The lowest BCUT2D eigenvalue weighted by Gasteiger charge is -2.42. The van der Waals surface area contributed by atoms with Gasteiger partial charge in [0.15, 0.2) is 0 Å². The average Bonchev–Trinajstić information content (AvgIpc) is 2.54. The predicted octanol–water partition coefficient (Wildman–Crippen LogP) is 1.41. The lowest BCUT2D eigenvalue weighted by atomic mass is 9.85. The van der Waals surface area contributed by atoms with Crippen molar-refractivity contribution < 1.29 is 19.0 Å². The lowest BCUT2D eigenvalue weighted by molar-refractivity contribution is -0.0482. The minimum atomic E-state index is -0.953. The van der Waals surface area contributed by atoms with Crippen molar-refractivity contribution in [3.8, 4) is 5.75 Å². The number of rotatable bonds is 4. The lowest BCUT2D eigenvalue weighted by Crippen LogP contribution is -2.56. The van der Waals surface area contributed by atoms with Crippen LogP contribution in [0.15, 0.2) is 18.2 Å². The summed E-state index contributed by atoms with van der Waals surface area (Å²) in [6.07, 6.45) is 1.12. The van der Waals surface area contributed by atoms with Crippen LogP contribution >= 0.6 is 0 Å². The van der Waals surface area contributed by atoms with Crippen LogP contribution in [0.25, 0.3) is 0 Å². The van der Waals surface area contributed by atoms with Gasteiger partial charge in [0.1, 0.15) is 11.6 Å². The summed E-state index contributed by atoms with van der Waals surface area (Å²) in [5, 5.41) is 13.9. The van der Waals surface area contributed by atoms with E-state index in [0.29, 0.717) is 31.7 Å². The highest BCUT2D eigenvalue weighted by molar-refractivity contribution is 5.95. The van der Waals surface area contributed by atoms with Gasteiger partial charge in [0, 0.05) is 7.05 Å². The Bertz CT molecular complexity index is 544. The number of hydrogen-bond acceptors (Lipinski definition) is 4. The Labute approximate surface area is 130 Å². The van der Waals surface area contributed by atoms with Gasteiger partial charge in [0.2, 0.25) is 0 Å². The molecule has 0 aliphatic carbocycles. The van der Waals surface area contributed by atoms with Gasteiger partial charge in [-0.05, 0) is 51.1 Å². The van der Waals surface area contributed by atoms with E-state index < -0.39 is 23.4 Å². The fourth-order valence-electron chi connectivity index (χ4n) is 2.80. The summed E-state index contributed by atoms with van der Waals surface area (Å²) in [7, 11) is 3.05. The van der Waals surface area contributed by atoms with E-state index in [1.54, 1.807) is 14.0 Å². The third-order valence-electron chi connectivity index (χ3n) is 4.55. The molecule has 0 aromatic heterocycles. The first-order valence-corrected chi connectivity index (χ1v) is 7.43. The van der Waals surface area contributed by atoms with Crippen LogP contribution in [0.5, 0.6) is 5.75 Å². The Morgan fingerprint density at radius 3 is 2.68 bits per heavy atom. The third-order valence-corrected chi connectivity index (χ3v) is 4.55. The predicted molar refractivity (Wildman–Crippen MR) is 81.6 cm³/mol. The zero-order chi connectivity index (χ0) is 16.3. The van der Waals surface area contributed by atoms with Gasteiger partial charge in [-0.15, -0.1) is 0 Å². The number of nitrogens with one attached hydrogen (secondary N) is 1. The molecular weight excluding hydrogens is 287 g/mol. The number of likely N-dealkylation sites (N-methyl/N-ethyl adjacent to an activating group) is 1. The van der Waals surface area contributed by atoms with E-state index in [1.807, 2.05) is 0 Å². The average molecular weight is 310 g/mol. The molecule has 0 radical (unpaired) electrons. The molecule has 1 amide bonds. The highest BCUT2D eigenvalue weighted by atomic mass is 19.1. The van der Waals surface area contributed by atoms with E-state index in [4.69, 9.17) is 4.74 Å². The van der Waals surface area contributed by atoms with Crippen LogP contribution in [-0.2, 0) is 0 Å². The number of nitrogens with zero attached hydrogens (tertiary/aromatic N) is 1. The summed E-state index contributed by atoms with van der Waals surface area (Å²) in [5.74, 6) is -0.635. The number of amides is 1. The van der Waals surface area contributed by atoms with Gasteiger partial charge in [0.25, 0.3) is 5.91 Å². The molecule has 2 N–H and O–H groups in total. The first-order valence-electron chi connectivity index (χ1n) is 7.43. The summed E-state index contributed by atoms with van der Waals surface area (Å²) < 4.78 is 19.0. The zero-order valence-electron chi connectivity index (χ0n) is 13.2. The molecule has 1 unspecified atom stereocenters. The van der Waals surface area contributed by atoms with Gasteiger partial charge < -0.3 is 20.1 Å². The molecule has 5 nitrogen and oxygen atoms in total. The van der Waals surface area contributed by atoms with Crippen molar-refractivity contribution in [2.75, 3.05) is 27.2 Å². The van der Waals surface area contributed by atoms with Gasteiger partial charge in [-0.1, -0.05) is 0 Å². The van der Waals surface area contributed by atoms with Crippen molar-refractivity contribution in [2.24, 2.45) is 0 Å². The molecular formula is C16H23FN2O3. The largest absolute Gasteiger partial charge is 0.497 e. The van der Waals surface area contributed by atoms with Crippen LogP contribution in [0, 0.1) is 5.82 Å². The Hall–Kier alpha value is -1.66. The Morgan fingerprint density at radius 2 is 2.09 bits per heavy atom. The van der Waals surface area contributed by atoms with E-state index in [2.05, 4.69) is 5.32 Å². The van der Waals surface area contributed by atoms with Crippen molar-refractivity contribution in [1.82, 2.24) is 10.2 Å². The van der Waals surface area contributed by atoms with Crippen LogP contribution in [0.3, 0.4) is 0 Å². The Kier molecular flexibility index (Phi) is 5.03. The van der Waals surface area contributed by atoms with Crippen LogP contribution in [0.2, 0.25) is 0 Å². The molecule has 1 aliphatic heterocycles. The van der Waals surface area contributed by atoms with Crippen LogP contribution < -0.4 is 10.1 Å². The van der Waals surface area contributed by atoms with E-state index in [1.165, 1.54) is 30.2 Å². The number of ether oxygens (including phenoxy) is 1. The molecule has 1 saturated heterocycles. The molecule has 1 aromatic carbocycles. The molecule has 1 aliphatic rings. The summed E-state index contributed by atoms with van der Waals surface area (Å²) in [4.78, 5) is 14.0. The summed E-state index contributed by atoms with van der Waals surface area (Å²) in [5.41, 5.74) is -1.00. The number of aliphatic hydroxyl groups is 1. The van der Waals surface area contributed by atoms with Crippen LogP contribution in [0.4, 0.5) is 4.39 Å². The smallest absolute Gasteiger partial charge is 0.257 e. The van der Waals surface area contributed by atoms with Crippen molar-refractivity contribution in [1.29, 1.82) is 0 Å². The molecule has 6 heteroatoms. The second-order valence-electron chi connectivity index (χ2n) is 5.79. The van der Waals surface area contributed by atoms with Gasteiger partial charge >= 0.3 is 0 Å². The maximum Gasteiger partial charge on any atom is 0.257 e. The molecule has 1 heterocycles. The molecule has 0 saturated carbocycles. The number of hydrogen-bond donors (Lipinski definition) is 2. The maximum atomic E-state index is 13.9. The fourth-order valence-corrected chi connectivity index (χ4v) is 2.80. The normalized spacial score (nSPS) is 18.6. The van der Waals surface area contributed by atoms with E-state index >= 15 is 0 Å². The maximum absolute atomic E-state index is 13.9. The number of piperidine rings is 1. The third kappa shape index (κ3) is 3.23. The van der Waals surface area contributed by atoms with Crippen molar-refractivity contribution in [2.45, 2.75) is 31.4 Å². The van der Waals surface area contributed by atoms with Crippen molar-refractivity contribution in [3.05, 3.63) is 29.6 Å². The second kappa shape index (κ2) is 6.62. The van der Waals surface area contributed by atoms with Gasteiger partial charge in [0.05, 0.1) is 24.3 Å². The number of benzene rings is 1. The van der Waals surface area contributed by atoms with Gasteiger partial charge in [-0.3, -0.25) is 4.79 Å². The van der Waals surface area contributed by atoms with Gasteiger partial charge in [-0.2, -0.15) is 0 Å². The van der Waals surface area contributed by atoms with Crippen molar-refractivity contribution >= 4 is 5.91 Å².